The van der Waals surface area contributed by atoms with Crippen LogP contribution in [0, 0.1) is 7.14 Å². The highest BCUT2D eigenvalue weighted by Gasteiger charge is 2.29. The van der Waals surface area contributed by atoms with E-state index in [-0.39, 0.29) is 49.4 Å². The highest BCUT2D eigenvalue weighted by molar-refractivity contribution is 14.1. The molecular weight excluding hydrogens is 766 g/mol. The number of fused-ring (bicyclic) bond motifs is 2. The molecule has 0 fully saturated rings. The molecule has 0 saturated heterocycles. The molecule has 8 nitrogen and oxygen atoms in total. The maximum atomic E-state index is 13.4. The topological polar surface area (TPSA) is 89.5 Å². The predicted molar refractivity (Wildman–Crippen MR) is 178 cm³/mol. The summed E-state index contributed by atoms with van der Waals surface area (Å²) in [5.41, 5.74) is 1.60. The van der Waals surface area contributed by atoms with E-state index < -0.39 is 11.9 Å². The molecule has 0 aliphatic rings. The van der Waals surface area contributed by atoms with Gasteiger partial charge in [0.2, 0.25) is 0 Å². The van der Waals surface area contributed by atoms with Gasteiger partial charge in [0.15, 0.2) is 13.6 Å². The third-order valence-electron chi connectivity index (χ3n) is 6.33. The van der Waals surface area contributed by atoms with Crippen molar-refractivity contribution in [3.05, 3.63) is 66.8 Å². The summed E-state index contributed by atoms with van der Waals surface area (Å²) in [4.78, 5) is 26.8. The summed E-state index contributed by atoms with van der Waals surface area (Å²) in [7, 11) is 0. The molecule has 0 heterocycles. The molecule has 0 radical (unpaired) electrons. The van der Waals surface area contributed by atoms with Gasteiger partial charge >= 0.3 is 11.9 Å². The van der Waals surface area contributed by atoms with Crippen molar-refractivity contribution in [3.8, 4) is 22.6 Å². The Morgan fingerprint density at radius 1 is 0.595 bits per heavy atom. The van der Waals surface area contributed by atoms with Crippen LogP contribution in [0.25, 0.3) is 32.7 Å². The fourth-order valence-corrected chi connectivity index (χ4v) is 5.63. The second kappa shape index (κ2) is 15.2. The highest BCUT2D eigenvalue weighted by atomic mass is 127. The van der Waals surface area contributed by atoms with E-state index in [1.807, 2.05) is 50.2 Å². The minimum absolute atomic E-state index is 0.103. The Morgan fingerprint density at radius 3 is 1.36 bits per heavy atom. The SMILES string of the molecule is CCOCOc1c(C(=O)OCC)cc2cc(I)ccc2c1-c1c(OCOCC)c(C(=O)OCC)cc2cc(I)ccc12. The van der Waals surface area contributed by atoms with Gasteiger partial charge < -0.3 is 28.4 Å². The first-order chi connectivity index (χ1) is 20.3. The summed E-state index contributed by atoms with van der Waals surface area (Å²) in [6.45, 7) is 8.21. The quantitative estimate of drug-likeness (QED) is 0.0583. The first kappa shape index (κ1) is 32.2. The number of carbonyl (C=O) groups excluding carboxylic acids is 2. The van der Waals surface area contributed by atoms with Crippen LogP contribution in [0.1, 0.15) is 48.4 Å². The molecule has 0 saturated carbocycles. The van der Waals surface area contributed by atoms with Gasteiger partial charge in [-0.15, -0.1) is 0 Å². The van der Waals surface area contributed by atoms with Crippen molar-refractivity contribution in [2.75, 3.05) is 40.0 Å². The van der Waals surface area contributed by atoms with Crippen molar-refractivity contribution in [2.45, 2.75) is 27.7 Å². The van der Waals surface area contributed by atoms with Gasteiger partial charge in [-0.25, -0.2) is 9.59 Å². The van der Waals surface area contributed by atoms with Crippen molar-refractivity contribution in [1.29, 1.82) is 0 Å². The molecule has 42 heavy (non-hydrogen) atoms. The number of benzene rings is 4. The minimum atomic E-state index is -0.539. The van der Waals surface area contributed by atoms with E-state index >= 15 is 0 Å². The molecule has 4 rings (SSSR count). The fourth-order valence-electron chi connectivity index (χ4n) is 4.60. The van der Waals surface area contributed by atoms with Gasteiger partial charge in [-0.1, -0.05) is 12.1 Å². The van der Waals surface area contributed by atoms with E-state index in [9.17, 15) is 9.59 Å². The molecule has 0 atom stereocenters. The number of hydrogen-bond acceptors (Lipinski definition) is 8. The van der Waals surface area contributed by atoms with Gasteiger partial charge in [-0.2, -0.15) is 0 Å². The van der Waals surface area contributed by atoms with Crippen molar-refractivity contribution < 1.29 is 38.0 Å². The zero-order valence-corrected chi connectivity index (χ0v) is 28.2. The zero-order valence-electron chi connectivity index (χ0n) is 23.9. The normalized spacial score (nSPS) is 11.1. The van der Waals surface area contributed by atoms with Crippen molar-refractivity contribution in [2.24, 2.45) is 0 Å². The number of ether oxygens (including phenoxy) is 6. The van der Waals surface area contributed by atoms with Crippen LogP contribution in [0.5, 0.6) is 11.5 Å². The molecule has 0 aliphatic carbocycles. The number of halogens is 2. The molecule has 0 bridgehead atoms. The Hall–Kier alpha value is -2.68. The number of rotatable bonds is 13. The summed E-state index contributed by atoms with van der Waals surface area (Å²) >= 11 is 4.47. The molecule has 0 unspecified atom stereocenters. The van der Waals surface area contributed by atoms with E-state index in [0.29, 0.717) is 24.3 Å². The molecule has 0 N–H and O–H groups in total. The van der Waals surface area contributed by atoms with Crippen molar-refractivity contribution >= 4 is 78.7 Å². The number of esters is 2. The largest absolute Gasteiger partial charge is 0.466 e. The zero-order chi connectivity index (χ0) is 30.2. The van der Waals surface area contributed by atoms with Gasteiger partial charge in [-0.05, 0) is 131 Å². The summed E-state index contributed by atoms with van der Waals surface area (Å²) in [6, 6.07) is 15.4. The molecule has 222 valence electrons. The van der Waals surface area contributed by atoms with Crippen LogP contribution in [0.3, 0.4) is 0 Å². The fraction of sp³-hybridized carbons (Fsp3) is 0.312. The lowest BCUT2D eigenvalue weighted by atomic mass is 9.88. The molecule has 0 aromatic heterocycles. The molecule has 0 amide bonds. The second-order valence-corrected chi connectivity index (χ2v) is 11.4. The highest BCUT2D eigenvalue weighted by Crippen LogP contribution is 2.49. The average molecular weight is 798 g/mol. The second-order valence-electron chi connectivity index (χ2n) is 8.94. The van der Waals surface area contributed by atoms with Gasteiger partial charge in [0, 0.05) is 31.5 Å². The van der Waals surface area contributed by atoms with Gasteiger partial charge in [0.25, 0.3) is 0 Å². The van der Waals surface area contributed by atoms with E-state index in [2.05, 4.69) is 45.2 Å². The first-order valence-electron chi connectivity index (χ1n) is 13.6. The standard InChI is InChI=1S/C32H32I2O8/c1-5-37-17-41-29-25(31(35)39-7-3)15-19-13-21(33)9-11-23(19)27(29)28-24-12-10-22(34)14-20(24)16-26(32(36)40-8-4)30(28)42-18-38-6-2/h9-16H,5-8,17-18H2,1-4H3. The van der Waals surface area contributed by atoms with Crippen LogP contribution in [-0.2, 0) is 18.9 Å². The molecule has 4 aromatic carbocycles. The number of carbonyl (C=O) groups is 2. The van der Waals surface area contributed by atoms with Crippen LogP contribution >= 0.6 is 45.2 Å². The summed E-state index contributed by atoms with van der Waals surface area (Å²) in [5.74, 6) is -0.554. The Morgan fingerprint density at radius 2 is 1.00 bits per heavy atom. The maximum absolute atomic E-state index is 13.4. The van der Waals surface area contributed by atoms with Crippen LogP contribution in [-0.4, -0.2) is 52.0 Å². The Kier molecular flexibility index (Phi) is 11.6. The van der Waals surface area contributed by atoms with Gasteiger partial charge in [0.05, 0.1) is 13.2 Å². The van der Waals surface area contributed by atoms with E-state index in [0.717, 1.165) is 28.7 Å². The Bertz CT molecular complexity index is 1480. The Balaban J connectivity index is 2.23. The lowest BCUT2D eigenvalue weighted by molar-refractivity contribution is 0.0196. The Labute approximate surface area is 272 Å². The lowest BCUT2D eigenvalue weighted by Crippen LogP contribution is -2.14. The third kappa shape index (κ3) is 7.09. The smallest absolute Gasteiger partial charge is 0.341 e. The third-order valence-corrected chi connectivity index (χ3v) is 7.67. The summed E-state index contributed by atoms with van der Waals surface area (Å²) in [5, 5.41) is 3.16. The molecule has 4 aromatic rings. The van der Waals surface area contributed by atoms with E-state index in [1.165, 1.54) is 0 Å². The number of hydrogen-bond donors (Lipinski definition) is 0. The maximum Gasteiger partial charge on any atom is 0.341 e. The first-order valence-corrected chi connectivity index (χ1v) is 15.8. The summed E-state index contributed by atoms with van der Waals surface area (Å²) < 4.78 is 36.5. The van der Waals surface area contributed by atoms with Crippen LogP contribution in [0.4, 0.5) is 0 Å². The van der Waals surface area contributed by atoms with Crippen LogP contribution in [0.15, 0.2) is 48.5 Å². The van der Waals surface area contributed by atoms with Crippen LogP contribution < -0.4 is 9.47 Å². The van der Waals surface area contributed by atoms with E-state index in [4.69, 9.17) is 28.4 Å². The van der Waals surface area contributed by atoms with E-state index in [1.54, 1.807) is 26.0 Å². The summed E-state index contributed by atoms with van der Waals surface area (Å²) in [6.07, 6.45) is 0. The molecule has 10 heteroatoms. The van der Waals surface area contributed by atoms with Gasteiger partial charge in [0.1, 0.15) is 22.6 Å². The minimum Gasteiger partial charge on any atom is -0.466 e. The monoisotopic (exact) mass is 798 g/mol. The molecule has 0 aliphatic heterocycles. The molecular formula is C32H32I2O8. The van der Waals surface area contributed by atoms with Crippen LogP contribution in [0.2, 0.25) is 0 Å². The molecule has 0 spiro atoms. The lowest BCUT2D eigenvalue weighted by Gasteiger charge is -2.23. The predicted octanol–water partition coefficient (Wildman–Crippen LogP) is 7.97. The van der Waals surface area contributed by atoms with Crippen molar-refractivity contribution in [3.63, 3.8) is 0 Å². The average Bonchev–Trinajstić information content (AvgIpc) is 2.96. The van der Waals surface area contributed by atoms with Gasteiger partial charge in [-0.3, -0.25) is 0 Å². The van der Waals surface area contributed by atoms with Crippen molar-refractivity contribution in [1.82, 2.24) is 0 Å².